The number of esters is 3. The lowest BCUT2D eigenvalue weighted by Gasteiger charge is -2.18. The van der Waals surface area contributed by atoms with E-state index in [1.54, 1.807) is 0 Å². The smallest absolute Gasteiger partial charge is 0.306 e. The van der Waals surface area contributed by atoms with Gasteiger partial charge in [0.25, 0.3) is 0 Å². The number of rotatable bonds is 55. The van der Waals surface area contributed by atoms with Crippen LogP contribution in [0.25, 0.3) is 0 Å². The van der Waals surface area contributed by atoms with Crippen LogP contribution in [-0.2, 0) is 28.6 Å². The van der Waals surface area contributed by atoms with Crippen LogP contribution < -0.4 is 0 Å². The van der Waals surface area contributed by atoms with Gasteiger partial charge in [0, 0.05) is 19.3 Å². The van der Waals surface area contributed by atoms with Gasteiger partial charge in [-0.2, -0.15) is 0 Å². The standard InChI is InChI=1S/C61H114O6/c1-4-7-10-13-15-17-19-21-23-25-27-29-30-32-33-35-37-39-41-43-45-48-51-54-60(63)66-57-58(56-65-59(62)53-50-47-12-9-6-3)67-61(64)55-52-49-46-44-42-40-38-36-34-31-28-26-24-22-20-18-16-14-11-8-5-2/h20,22,26,28,58H,4-19,21,23-25,27,29-57H2,1-3H3/b22-20-,28-26-. The van der Waals surface area contributed by atoms with Crippen LogP contribution in [-0.4, -0.2) is 37.2 Å². The normalized spacial score (nSPS) is 12.1. The zero-order valence-electron chi connectivity index (χ0n) is 45.2. The minimum absolute atomic E-state index is 0.0688. The fraction of sp³-hybridized carbons (Fsp3) is 0.885. The van der Waals surface area contributed by atoms with Crippen molar-refractivity contribution in [2.75, 3.05) is 13.2 Å². The van der Waals surface area contributed by atoms with Gasteiger partial charge in [-0.15, -0.1) is 0 Å². The molecule has 0 saturated heterocycles. The van der Waals surface area contributed by atoms with Gasteiger partial charge in [0.15, 0.2) is 6.10 Å². The van der Waals surface area contributed by atoms with Gasteiger partial charge in [-0.1, -0.05) is 283 Å². The average molecular weight is 944 g/mol. The maximum absolute atomic E-state index is 12.8. The predicted octanol–water partition coefficient (Wildman–Crippen LogP) is 19.9. The first-order valence-corrected chi connectivity index (χ1v) is 29.8. The molecule has 0 aromatic carbocycles. The highest BCUT2D eigenvalue weighted by Gasteiger charge is 2.19. The van der Waals surface area contributed by atoms with Gasteiger partial charge in [0.2, 0.25) is 0 Å². The molecule has 0 saturated carbocycles. The van der Waals surface area contributed by atoms with Gasteiger partial charge in [0.1, 0.15) is 13.2 Å². The van der Waals surface area contributed by atoms with E-state index in [9.17, 15) is 14.4 Å². The Morgan fingerprint density at radius 2 is 0.537 bits per heavy atom. The van der Waals surface area contributed by atoms with Crippen LogP contribution in [0.4, 0.5) is 0 Å². The molecule has 6 nitrogen and oxygen atoms in total. The lowest BCUT2D eigenvalue weighted by Crippen LogP contribution is -2.30. The number of hydrogen-bond acceptors (Lipinski definition) is 6. The number of allylic oxidation sites excluding steroid dienone is 4. The third kappa shape index (κ3) is 54.7. The molecule has 0 aromatic heterocycles. The van der Waals surface area contributed by atoms with Gasteiger partial charge in [-0.05, 0) is 51.4 Å². The fourth-order valence-electron chi connectivity index (χ4n) is 8.95. The molecule has 1 unspecified atom stereocenters. The predicted molar refractivity (Wildman–Crippen MR) is 289 cm³/mol. The Kier molecular flexibility index (Phi) is 54.7. The lowest BCUT2D eigenvalue weighted by atomic mass is 10.0. The summed E-state index contributed by atoms with van der Waals surface area (Å²) in [5.74, 6) is -0.868. The Bertz CT molecular complexity index is 1080. The fourth-order valence-corrected chi connectivity index (χ4v) is 8.95. The van der Waals surface area contributed by atoms with Crippen molar-refractivity contribution in [1.82, 2.24) is 0 Å². The molecule has 6 heteroatoms. The molecule has 0 rings (SSSR count). The number of carbonyl (C=O) groups excluding carboxylic acids is 3. The van der Waals surface area contributed by atoms with Crippen molar-refractivity contribution in [2.24, 2.45) is 0 Å². The van der Waals surface area contributed by atoms with E-state index >= 15 is 0 Å². The quantitative estimate of drug-likeness (QED) is 0.0262. The van der Waals surface area contributed by atoms with Gasteiger partial charge in [0.05, 0.1) is 0 Å². The molecular weight excluding hydrogens is 829 g/mol. The summed E-state index contributed by atoms with van der Waals surface area (Å²) in [5, 5.41) is 0. The summed E-state index contributed by atoms with van der Waals surface area (Å²) in [7, 11) is 0. The van der Waals surface area contributed by atoms with Crippen LogP contribution in [0, 0.1) is 0 Å². The van der Waals surface area contributed by atoms with E-state index in [0.29, 0.717) is 19.3 Å². The molecule has 0 N–H and O–H groups in total. The summed E-state index contributed by atoms with van der Waals surface area (Å²) in [6.45, 7) is 6.59. The second-order valence-electron chi connectivity index (χ2n) is 20.3. The maximum atomic E-state index is 12.8. The van der Waals surface area contributed by atoms with Crippen molar-refractivity contribution in [1.29, 1.82) is 0 Å². The molecule has 0 aliphatic rings. The van der Waals surface area contributed by atoms with E-state index in [-0.39, 0.29) is 31.1 Å². The van der Waals surface area contributed by atoms with Crippen LogP contribution in [0.15, 0.2) is 24.3 Å². The highest BCUT2D eigenvalue weighted by Crippen LogP contribution is 2.17. The second-order valence-corrected chi connectivity index (χ2v) is 20.3. The Morgan fingerprint density at radius 1 is 0.299 bits per heavy atom. The molecule has 1 atom stereocenters. The summed E-state index contributed by atoms with van der Waals surface area (Å²) in [6, 6.07) is 0. The van der Waals surface area contributed by atoms with Gasteiger partial charge < -0.3 is 14.2 Å². The monoisotopic (exact) mass is 943 g/mol. The number of unbranched alkanes of at least 4 members (excludes halogenated alkanes) is 40. The summed E-state index contributed by atoms with van der Waals surface area (Å²) in [5.41, 5.74) is 0. The Labute approximate surface area is 417 Å². The van der Waals surface area contributed by atoms with Gasteiger partial charge >= 0.3 is 17.9 Å². The Morgan fingerprint density at radius 3 is 0.821 bits per heavy atom. The minimum Gasteiger partial charge on any atom is -0.462 e. The molecule has 0 radical (unpaired) electrons. The average Bonchev–Trinajstić information content (AvgIpc) is 3.33. The first-order chi connectivity index (χ1) is 33.0. The molecule has 0 spiro atoms. The van der Waals surface area contributed by atoms with Crippen LogP contribution in [0.5, 0.6) is 0 Å². The highest BCUT2D eigenvalue weighted by molar-refractivity contribution is 5.71. The van der Waals surface area contributed by atoms with Crippen LogP contribution in [0.1, 0.15) is 329 Å². The second kappa shape index (κ2) is 56.5. The molecular formula is C61H114O6. The first-order valence-electron chi connectivity index (χ1n) is 29.8. The lowest BCUT2D eigenvalue weighted by molar-refractivity contribution is -0.167. The van der Waals surface area contributed by atoms with Crippen LogP contribution in [0.3, 0.4) is 0 Å². The number of ether oxygens (including phenoxy) is 3. The minimum atomic E-state index is -0.767. The molecule has 0 aliphatic carbocycles. The molecule has 0 fully saturated rings. The van der Waals surface area contributed by atoms with Crippen molar-refractivity contribution in [3.05, 3.63) is 24.3 Å². The number of hydrogen-bond donors (Lipinski definition) is 0. The van der Waals surface area contributed by atoms with E-state index in [1.807, 2.05) is 0 Å². The molecule has 0 amide bonds. The SMILES string of the molecule is CCCCCCC/C=C\C/C=C\CCCCCCCCCCCC(=O)OC(COC(=O)CCCCCCC)COC(=O)CCCCCCCCCCCCCCCCCCCCCCCCC. The summed E-state index contributed by atoms with van der Waals surface area (Å²) in [4.78, 5) is 37.8. The van der Waals surface area contributed by atoms with E-state index in [0.717, 1.165) is 70.6 Å². The molecule has 0 bridgehead atoms. The number of carbonyl (C=O) groups is 3. The first kappa shape index (κ1) is 64.9. The summed E-state index contributed by atoms with van der Waals surface area (Å²) >= 11 is 0. The molecule has 0 aliphatic heterocycles. The van der Waals surface area contributed by atoms with Crippen molar-refractivity contribution in [3.8, 4) is 0 Å². The summed E-state index contributed by atoms with van der Waals surface area (Å²) < 4.78 is 16.7. The molecule has 394 valence electrons. The van der Waals surface area contributed by atoms with E-state index in [4.69, 9.17) is 14.2 Å². The molecule has 0 aromatic rings. The van der Waals surface area contributed by atoms with Gasteiger partial charge in [-0.25, -0.2) is 0 Å². The highest BCUT2D eigenvalue weighted by atomic mass is 16.6. The van der Waals surface area contributed by atoms with Crippen molar-refractivity contribution >= 4 is 17.9 Å². The van der Waals surface area contributed by atoms with E-state index in [1.165, 1.54) is 218 Å². The zero-order valence-corrected chi connectivity index (χ0v) is 45.2. The topological polar surface area (TPSA) is 78.9 Å². The Hall–Kier alpha value is -2.11. The van der Waals surface area contributed by atoms with Crippen molar-refractivity contribution < 1.29 is 28.6 Å². The van der Waals surface area contributed by atoms with Gasteiger partial charge in [-0.3, -0.25) is 14.4 Å². The van der Waals surface area contributed by atoms with Crippen LogP contribution >= 0.6 is 0 Å². The maximum Gasteiger partial charge on any atom is 0.306 e. The van der Waals surface area contributed by atoms with E-state index < -0.39 is 6.10 Å². The molecule has 67 heavy (non-hydrogen) atoms. The van der Waals surface area contributed by atoms with Crippen molar-refractivity contribution in [3.63, 3.8) is 0 Å². The van der Waals surface area contributed by atoms with Crippen LogP contribution in [0.2, 0.25) is 0 Å². The third-order valence-electron chi connectivity index (χ3n) is 13.5. The van der Waals surface area contributed by atoms with Crippen molar-refractivity contribution in [2.45, 2.75) is 335 Å². The van der Waals surface area contributed by atoms with E-state index in [2.05, 4.69) is 45.1 Å². The summed E-state index contributed by atoms with van der Waals surface area (Å²) in [6.07, 6.45) is 66.5. The Balaban J connectivity index is 4.03. The largest absolute Gasteiger partial charge is 0.462 e. The zero-order chi connectivity index (χ0) is 48.6. The third-order valence-corrected chi connectivity index (χ3v) is 13.5. The molecule has 0 heterocycles.